The first-order valence-corrected chi connectivity index (χ1v) is 49.8. The second-order valence-corrected chi connectivity index (χ2v) is 42.3. The van der Waals surface area contributed by atoms with Gasteiger partial charge in [-0.2, -0.15) is 22.0 Å². The lowest BCUT2D eigenvalue weighted by Gasteiger charge is -2.60. The molecule has 0 N–H and O–H groups in total. The summed E-state index contributed by atoms with van der Waals surface area (Å²) in [5, 5.41) is -4.61. The first-order valence-electron chi connectivity index (χ1n) is 47.1. The Balaban J connectivity index is 0.000000327. The highest BCUT2D eigenvalue weighted by molar-refractivity contribution is 7.97. The van der Waals surface area contributed by atoms with Gasteiger partial charge in [-0.3, -0.25) is 4.79 Å². The molecule has 11 aliphatic rings. The zero-order valence-corrected chi connectivity index (χ0v) is 86.0. The topological polar surface area (TPSA) is 356 Å². The molecule has 9 aliphatic carbocycles. The van der Waals surface area contributed by atoms with Gasteiger partial charge in [-0.25, -0.2) is 56.4 Å². The smallest absolute Gasteiger partial charge is 0.508 e. The second-order valence-electron chi connectivity index (χ2n) is 38.8. The fourth-order valence-electron chi connectivity index (χ4n) is 17.6. The van der Waals surface area contributed by atoms with Gasteiger partial charge in [-0.05, 0) is 291 Å². The Morgan fingerprint density at radius 1 is 0.479 bits per heavy atom. The summed E-state index contributed by atoms with van der Waals surface area (Å²) in [6.45, 7) is 58.0. The van der Waals surface area contributed by atoms with E-state index in [1.165, 1.54) is 99.2 Å². The van der Waals surface area contributed by atoms with Gasteiger partial charge in [0.1, 0.15) is 53.4 Å². The van der Waals surface area contributed by atoms with Crippen molar-refractivity contribution in [3.05, 3.63) is 200 Å². The third-order valence-electron chi connectivity index (χ3n) is 24.9. The second kappa shape index (κ2) is 55.0. The third-order valence-corrected chi connectivity index (χ3v) is 28.0. The molecule has 0 aromatic heterocycles. The number of ether oxygens (including phenoxy) is 12. The van der Waals surface area contributed by atoms with Crippen molar-refractivity contribution in [1.82, 2.24) is 0 Å². The van der Waals surface area contributed by atoms with Gasteiger partial charge in [-0.15, -0.1) is 0 Å². The summed E-state index contributed by atoms with van der Waals surface area (Å²) in [7, 11) is -5.83. The van der Waals surface area contributed by atoms with Gasteiger partial charge in [0, 0.05) is 62.0 Å². The van der Waals surface area contributed by atoms with E-state index < -0.39 is 70.5 Å². The van der Waals surface area contributed by atoms with E-state index in [1.54, 1.807) is 48.5 Å². The van der Waals surface area contributed by atoms with Crippen molar-refractivity contribution in [2.24, 2.45) is 47.3 Å². The van der Waals surface area contributed by atoms with E-state index in [0.29, 0.717) is 62.7 Å². The molecule has 26 nitrogen and oxygen atoms in total. The molecule has 2 heterocycles. The van der Waals surface area contributed by atoms with Crippen molar-refractivity contribution >= 4 is 86.9 Å². The minimum absolute atomic E-state index is 0.0113. The van der Waals surface area contributed by atoms with Crippen LogP contribution in [0.3, 0.4) is 0 Å². The number of benzene rings is 3. The summed E-state index contributed by atoms with van der Waals surface area (Å²) in [6, 6.07) is 32.2. The highest BCUT2D eigenvalue weighted by Gasteiger charge is 2.64. The minimum Gasteiger partial charge on any atom is -0.743 e. The standard InChI is InChI=1S/C18H15S.C16H24O2.C12H14O4.C12H20O2.C11H18O2.C10H16O2.C8H10O5.C8H14O2.C6H7F3O2.C6H8F2O5S/c1-4-10-16(11-5-1)19(17-12-6-2-7-13-17)18-14-8-3-9-15-18;1-4-16(18-15(17)10(2)3)13-6-11-5-12(8-13)9-14(16)7-11;1-5(2)11(13)15-9-6-3-7-8(4-6)12(14)16-10(7)9;1-9(2)11(13)14-12(10(3)4)7-5-6-8-12;1-4-11(7-5-6-8-11)13-10(12)9(2)3;1-8(2)9(11)12-10(3)6-4-5-7-10;1-5(2)7(9)11-3-6-4-12-8(10)13-6;1-6(2)7(9)10-8(3,4)5;1-4(2)5(10)11-3-6(7,8)9;1-4(2)5(9)13-3-6(7,8)14(10,11)12/h1-15H;11-14H,2,4-9H2,1,3H3;6-10H,1,3-4H2,2H3;10H,1,5-8H2,2-4H3;2,4-8H2,1,3H3;1,4-7H2,2-3H3;6H,1,3-4H2,2H3;1H2,2-5H3;1,3H2,2H3;1,3H2,2H3,(H,10,11,12)/q+1;;;;;;;;;/p-1. The zero-order chi connectivity index (χ0) is 106. The molecule has 9 saturated carbocycles. The predicted molar refractivity (Wildman–Crippen MR) is 519 cm³/mol. The summed E-state index contributed by atoms with van der Waals surface area (Å²) >= 11 is 0. The number of rotatable bonds is 26. The first-order chi connectivity index (χ1) is 65.0. The molecule has 0 radical (unpaired) electrons. The van der Waals surface area contributed by atoms with Gasteiger partial charge in [-0.1, -0.05) is 142 Å². The van der Waals surface area contributed by atoms with E-state index >= 15 is 0 Å². The summed E-state index contributed by atoms with van der Waals surface area (Å²) in [5.74, 6) is -0.323. The van der Waals surface area contributed by atoms with Crippen molar-refractivity contribution in [2.45, 2.75) is 325 Å². The number of carbonyl (C=O) groups excluding carboxylic acids is 11. The lowest BCUT2D eigenvalue weighted by molar-refractivity contribution is -0.207. The Bertz CT molecular complexity index is 4830. The maximum Gasteiger partial charge on any atom is 0.508 e. The number of fused-ring (bicyclic) bond motifs is 1. The molecule has 6 atom stereocenters. The molecule has 6 unspecified atom stereocenters. The molecule has 776 valence electrons. The molecule has 3 aromatic carbocycles. The highest BCUT2D eigenvalue weighted by atomic mass is 32.2. The van der Waals surface area contributed by atoms with E-state index in [1.807, 2.05) is 27.7 Å². The first kappa shape index (κ1) is 121. The van der Waals surface area contributed by atoms with Gasteiger partial charge in [0.15, 0.2) is 44.1 Å². The van der Waals surface area contributed by atoms with Crippen molar-refractivity contribution in [3.8, 4) is 0 Å². The summed E-state index contributed by atoms with van der Waals surface area (Å²) < 4.78 is 148. The molecule has 0 amide bonds. The van der Waals surface area contributed by atoms with Crippen LogP contribution in [0.1, 0.15) is 253 Å². The maximum atomic E-state index is 12.3. The van der Waals surface area contributed by atoms with Gasteiger partial charge >= 0.3 is 77.3 Å². The van der Waals surface area contributed by atoms with E-state index in [2.05, 4.69) is 197 Å². The fraction of sp³-hybridized carbons (Fsp3) is 0.561. The van der Waals surface area contributed by atoms with Crippen LogP contribution >= 0.6 is 0 Å². The highest BCUT2D eigenvalue weighted by Crippen LogP contribution is 2.61. The van der Waals surface area contributed by atoms with Crippen molar-refractivity contribution in [2.75, 3.05) is 26.4 Å². The largest absolute Gasteiger partial charge is 0.743 e. The summed E-state index contributed by atoms with van der Waals surface area (Å²) in [6.07, 6.45) is 17.2. The van der Waals surface area contributed by atoms with Gasteiger partial charge in [0.2, 0.25) is 0 Å². The number of alkyl halides is 5. The summed E-state index contributed by atoms with van der Waals surface area (Å²) in [5.41, 5.74) is 1.78. The number of hydrogen-bond acceptors (Lipinski definition) is 26. The quantitative estimate of drug-likeness (QED) is 0.0180. The van der Waals surface area contributed by atoms with Crippen molar-refractivity contribution in [3.63, 3.8) is 0 Å². The normalized spacial score (nSPS) is 22.5. The third kappa shape index (κ3) is 38.9. The molecule has 2 saturated heterocycles. The van der Waals surface area contributed by atoms with Crippen LogP contribution in [0.2, 0.25) is 0 Å². The van der Waals surface area contributed by atoms with E-state index in [0.717, 1.165) is 76.0 Å². The molecule has 140 heavy (non-hydrogen) atoms. The predicted octanol–water partition coefficient (Wildman–Crippen LogP) is 22.3. The van der Waals surface area contributed by atoms with Crippen LogP contribution in [0, 0.1) is 47.3 Å². The number of halogens is 5. The maximum absolute atomic E-state index is 12.3. The van der Waals surface area contributed by atoms with Crippen LogP contribution in [-0.4, -0.2) is 163 Å². The van der Waals surface area contributed by atoms with E-state index in [4.69, 9.17) is 37.9 Å². The Kier molecular flexibility index (Phi) is 47.7. The number of carbonyl (C=O) groups is 11. The van der Waals surface area contributed by atoms with Crippen LogP contribution in [0.15, 0.2) is 215 Å². The van der Waals surface area contributed by atoms with Crippen LogP contribution in [0.4, 0.5) is 26.7 Å². The molecule has 33 heteroatoms. The monoisotopic (exact) mass is 2000 g/mol. The molecule has 0 spiro atoms. The van der Waals surface area contributed by atoms with Crippen LogP contribution in [-0.2, 0) is 126 Å². The van der Waals surface area contributed by atoms with Crippen LogP contribution < -0.4 is 0 Å². The van der Waals surface area contributed by atoms with Gasteiger partial charge < -0.3 is 61.4 Å². The SMILES string of the molecule is C=C(C)C(=O)OC(C)(C)C.C=C(C)C(=O)OC1(C(C)C)CCCC1.C=C(C)C(=O)OC1(C)CCCC1.C=C(C)C(=O)OC1(CC)C2CC3CC(C2)CC1C3.C=C(C)C(=O)OC1(CC)CCCC1.C=C(C)C(=O)OC1C2CC3C(=O)OC1C3C2.C=C(C)C(=O)OCC(F)(F)F.C=C(C)C(=O)OCC(F)(F)S(=O)(=O)[O-].C=C(C)C(=O)OCC1COC(=O)O1.c1ccc([S+](c2ccccc2)c2ccccc2)cc1. The lowest BCUT2D eigenvalue weighted by atomic mass is 9.49. The average molecular weight is 2010 g/mol. The van der Waals surface area contributed by atoms with Crippen molar-refractivity contribution in [1.29, 1.82) is 0 Å². The fourth-order valence-corrected chi connectivity index (χ4v) is 19.9. The van der Waals surface area contributed by atoms with Gasteiger partial charge in [0.25, 0.3) is 0 Å². The molecule has 14 rings (SSSR count). The Labute approximate surface area is 825 Å². The number of esters is 10. The molecule has 11 fully saturated rings. The minimum atomic E-state index is -5.81. The Hall–Kier alpha value is -10.8. The van der Waals surface area contributed by atoms with Crippen LogP contribution in [0.5, 0.6) is 0 Å². The molecule has 2 aliphatic heterocycles. The van der Waals surface area contributed by atoms with Gasteiger partial charge in [0.05, 0.1) is 16.8 Å². The number of cyclic esters (lactones) is 2. The molecule has 3 aromatic rings. The van der Waals surface area contributed by atoms with Crippen LogP contribution in [0.25, 0.3) is 0 Å². The summed E-state index contributed by atoms with van der Waals surface area (Å²) in [4.78, 5) is 126. The van der Waals surface area contributed by atoms with E-state index in [9.17, 15) is 87.7 Å². The van der Waals surface area contributed by atoms with Crippen molar-refractivity contribution < 1.29 is 145 Å². The van der Waals surface area contributed by atoms with E-state index in [-0.39, 0.29) is 123 Å². The molecule has 6 bridgehead atoms. The lowest BCUT2D eigenvalue weighted by Crippen LogP contribution is -2.59. The average Bonchev–Trinajstić information content (AvgIpc) is 1.36. The number of hydrogen-bond donors (Lipinski definition) is 0. The molecular weight excluding hydrogens is 1860 g/mol. The Morgan fingerprint density at radius 3 is 1.23 bits per heavy atom. The zero-order valence-electron chi connectivity index (χ0n) is 84.4. The molecular formula is C107H145F5O26S2. The Morgan fingerprint density at radius 2 is 0.864 bits per heavy atom.